The Morgan fingerprint density at radius 1 is 1.67 bits per heavy atom. The van der Waals surface area contributed by atoms with Crippen molar-refractivity contribution in [2.45, 2.75) is 20.3 Å². The van der Waals surface area contributed by atoms with Crippen molar-refractivity contribution in [1.82, 2.24) is 4.98 Å². The molecule has 1 aromatic rings. The third kappa shape index (κ3) is 2.94. The van der Waals surface area contributed by atoms with Gasteiger partial charge in [-0.15, -0.1) is 0 Å². The first-order valence-electron chi connectivity index (χ1n) is 4.77. The molecule has 0 aliphatic heterocycles. The smallest absolute Gasteiger partial charge is 0.306 e. The molecule has 0 aromatic carbocycles. The Kier molecular flexibility index (Phi) is 3.66. The topological polar surface area (TPSA) is 59.4 Å². The third-order valence-electron chi connectivity index (χ3n) is 2.24. The number of ether oxygens (including phenoxy) is 1. The normalized spacial score (nSPS) is 12.2. The van der Waals surface area contributed by atoms with Gasteiger partial charge in [0, 0.05) is 11.8 Å². The predicted molar refractivity (Wildman–Crippen MR) is 56.0 cm³/mol. The van der Waals surface area contributed by atoms with Gasteiger partial charge in [0.25, 0.3) is 0 Å². The molecule has 1 rings (SSSR count). The molecular formula is C11H15NO3. The molecule has 0 bridgehead atoms. The summed E-state index contributed by atoms with van der Waals surface area (Å²) in [6, 6.07) is 1.91. The van der Waals surface area contributed by atoms with Gasteiger partial charge in [-0.3, -0.25) is 4.79 Å². The minimum atomic E-state index is -0.788. The molecule has 1 aromatic heterocycles. The number of carboxylic acid groups (broad SMARTS) is 1. The van der Waals surface area contributed by atoms with Crippen LogP contribution in [0.3, 0.4) is 0 Å². The summed E-state index contributed by atoms with van der Waals surface area (Å²) in [6.07, 6.45) is 2.15. The van der Waals surface area contributed by atoms with Gasteiger partial charge in [-0.1, -0.05) is 6.92 Å². The molecule has 4 heteroatoms. The number of aryl methyl sites for hydroxylation is 1. The first-order valence-corrected chi connectivity index (χ1v) is 4.77. The van der Waals surface area contributed by atoms with Gasteiger partial charge in [0.1, 0.15) is 0 Å². The molecule has 0 radical (unpaired) electrons. The van der Waals surface area contributed by atoms with Crippen LogP contribution in [0, 0.1) is 12.8 Å². The molecule has 0 amide bonds. The molecule has 15 heavy (non-hydrogen) atoms. The van der Waals surface area contributed by atoms with Gasteiger partial charge in [0.05, 0.1) is 13.0 Å². The molecule has 1 N–H and O–H groups in total. The van der Waals surface area contributed by atoms with E-state index in [1.807, 2.05) is 13.0 Å². The lowest BCUT2D eigenvalue weighted by molar-refractivity contribution is -0.141. The van der Waals surface area contributed by atoms with E-state index in [0.29, 0.717) is 12.3 Å². The van der Waals surface area contributed by atoms with E-state index in [1.54, 1.807) is 20.2 Å². The molecule has 1 atom stereocenters. The van der Waals surface area contributed by atoms with Crippen LogP contribution >= 0.6 is 0 Å². The second-order valence-electron chi connectivity index (χ2n) is 3.61. The zero-order valence-corrected chi connectivity index (χ0v) is 9.15. The van der Waals surface area contributed by atoms with Crippen molar-refractivity contribution >= 4 is 5.97 Å². The molecule has 0 aliphatic rings. The fraction of sp³-hybridized carbons (Fsp3) is 0.455. The molecule has 4 nitrogen and oxygen atoms in total. The van der Waals surface area contributed by atoms with E-state index in [2.05, 4.69) is 4.98 Å². The minimum absolute atomic E-state index is 0.389. The van der Waals surface area contributed by atoms with Gasteiger partial charge in [-0.25, -0.2) is 4.98 Å². The lowest BCUT2D eigenvalue weighted by atomic mass is 10.0. The Bertz CT molecular complexity index is 363. The summed E-state index contributed by atoms with van der Waals surface area (Å²) >= 11 is 0. The van der Waals surface area contributed by atoms with Gasteiger partial charge in [0.15, 0.2) is 0 Å². The monoisotopic (exact) mass is 209 g/mol. The molecule has 0 fully saturated rings. The Balaban J connectivity index is 2.79. The maximum Gasteiger partial charge on any atom is 0.306 e. The quantitative estimate of drug-likeness (QED) is 0.819. The largest absolute Gasteiger partial charge is 0.481 e. The predicted octanol–water partition coefficient (Wildman–Crippen LogP) is 1.66. The first-order chi connectivity index (χ1) is 7.04. The molecule has 0 spiro atoms. The van der Waals surface area contributed by atoms with Crippen molar-refractivity contribution in [3.8, 4) is 5.88 Å². The molecule has 0 saturated heterocycles. The number of methoxy groups -OCH3 is 1. The first kappa shape index (κ1) is 11.5. The van der Waals surface area contributed by atoms with Crippen LogP contribution in [0.25, 0.3) is 0 Å². The number of aliphatic carboxylic acids is 1. The highest BCUT2D eigenvalue weighted by atomic mass is 16.5. The van der Waals surface area contributed by atoms with Crippen LogP contribution in [-0.4, -0.2) is 23.2 Å². The number of carbonyl (C=O) groups is 1. The maximum atomic E-state index is 10.7. The van der Waals surface area contributed by atoms with Crippen LogP contribution in [0.1, 0.15) is 18.1 Å². The van der Waals surface area contributed by atoms with Gasteiger partial charge < -0.3 is 9.84 Å². The molecule has 0 saturated carbocycles. The van der Waals surface area contributed by atoms with E-state index >= 15 is 0 Å². The van der Waals surface area contributed by atoms with Crippen molar-refractivity contribution in [2.24, 2.45) is 5.92 Å². The summed E-state index contributed by atoms with van der Waals surface area (Å²) < 4.78 is 5.02. The van der Waals surface area contributed by atoms with E-state index in [1.165, 1.54) is 0 Å². The SMILES string of the molecule is COc1ncc(CC(C)C(=O)O)cc1C. The van der Waals surface area contributed by atoms with Gasteiger partial charge in [-0.05, 0) is 25.0 Å². The van der Waals surface area contributed by atoms with E-state index in [0.717, 1.165) is 11.1 Å². The summed E-state index contributed by atoms with van der Waals surface area (Å²) in [7, 11) is 1.56. The highest BCUT2D eigenvalue weighted by Crippen LogP contribution is 2.16. The Morgan fingerprint density at radius 2 is 2.33 bits per heavy atom. The summed E-state index contributed by atoms with van der Waals surface area (Å²) in [6.45, 7) is 3.57. The molecule has 0 aliphatic carbocycles. The lowest BCUT2D eigenvalue weighted by Crippen LogP contribution is -2.12. The average molecular weight is 209 g/mol. The van der Waals surface area contributed by atoms with Crippen LogP contribution in [0.5, 0.6) is 5.88 Å². The highest BCUT2D eigenvalue weighted by molar-refractivity contribution is 5.69. The number of pyridine rings is 1. The summed E-state index contributed by atoms with van der Waals surface area (Å²) in [5.74, 6) is -0.593. The number of rotatable bonds is 4. The molecule has 1 unspecified atom stereocenters. The summed E-state index contributed by atoms with van der Waals surface area (Å²) in [5.41, 5.74) is 1.84. The van der Waals surface area contributed by atoms with Crippen molar-refractivity contribution < 1.29 is 14.6 Å². The zero-order valence-electron chi connectivity index (χ0n) is 9.15. The Hall–Kier alpha value is -1.58. The molecule has 1 heterocycles. The second kappa shape index (κ2) is 4.77. The number of nitrogens with zero attached hydrogens (tertiary/aromatic N) is 1. The third-order valence-corrected chi connectivity index (χ3v) is 2.24. The fourth-order valence-corrected chi connectivity index (χ4v) is 1.39. The highest BCUT2D eigenvalue weighted by Gasteiger charge is 2.12. The van der Waals surface area contributed by atoms with Gasteiger partial charge >= 0.3 is 5.97 Å². The minimum Gasteiger partial charge on any atom is -0.481 e. The van der Waals surface area contributed by atoms with E-state index in [9.17, 15) is 4.79 Å². The summed E-state index contributed by atoms with van der Waals surface area (Å²) in [4.78, 5) is 14.8. The van der Waals surface area contributed by atoms with Crippen LogP contribution in [0.2, 0.25) is 0 Å². The van der Waals surface area contributed by atoms with E-state index in [4.69, 9.17) is 9.84 Å². The Labute approximate surface area is 88.9 Å². The van der Waals surface area contributed by atoms with Crippen molar-refractivity contribution in [3.63, 3.8) is 0 Å². The van der Waals surface area contributed by atoms with E-state index < -0.39 is 5.97 Å². The van der Waals surface area contributed by atoms with Gasteiger partial charge in [0.2, 0.25) is 5.88 Å². The van der Waals surface area contributed by atoms with Crippen molar-refractivity contribution in [1.29, 1.82) is 0 Å². The fourth-order valence-electron chi connectivity index (χ4n) is 1.39. The average Bonchev–Trinajstić information content (AvgIpc) is 2.18. The molecular weight excluding hydrogens is 194 g/mol. The van der Waals surface area contributed by atoms with Crippen molar-refractivity contribution in [3.05, 3.63) is 23.4 Å². The van der Waals surface area contributed by atoms with Crippen LogP contribution in [0.15, 0.2) is 12.3 Å². The standard InChI is InChI=1S/C11H15NO3/c1-7-4-9(5-8(2)11(13)14)6-12-10(7)15-3/h4,6,8H,5H2,1-3H3,(H,13,14). The second-order valence-corrected chi connectivity index (χ2v) is 3.61. The van der Waals surface area contributed by atoms with Crippen LogP contribution in [-0.2, 0) is 11.2 Å². The van der Waals surface area contributed by atoms with Gasteiger partial charge in [-0.2, -0.15) is 0 Å². The number of hydrogen-bond donors (Lipinski definition) is 1. The number of carboxylic acids is 1. The zero-order chi connectivity index (χ0) is 11.4. The molecule has 82 valence electrons. The lowest BCUT2D eigenvalue weighted by Gasteiger charge is -2.08. The number of hydrogen-bond acceptors (Lipinski definition) is 3. The number of aromatic nitrogens is 1. The van der Waals surface area contributed by atoms with Crippen LogP contribution < -0.4 is 4.74 Å². The van der Waals surface area contributed by atoms with Crippen LogP contribution in [0.4, 0.5) is 0 Å². The Morgan fingerprint density at radius 3 is 2.80 bits per heavy atom. The van der Waals surface area contributed by atoms with Crippen molar-refractivity contribution in [2.75, 3.05) is 7.11 Å². The van der Waals surface area contributed by atoms with E-state index in [-0.39, 0.29) is 5.92 Å². The summed E-state index contributed by atoms with van der Waals surface area (Å²) in [5, 5.41) is 8.77. The maximum absolute atomic E-state index is 10.7.